The van der Waals surface area contributed by atoms with E-state index in [1.807, 2.05) is 36.4 Å². The standard InChI is InChI=1S/C23H29NO6/c1-27-18-8-6-5-7-16(18)20(24-13-11-15(12-14-24)23(25)26)17-9-10-19(28-2)22(30-4)21(17)29-3/h5-10,15,20H,11-14H2,1-4H3,(H,25,26). The maximum absolute atomic E-state index is 11.4. The predicted octanol–water partition coefficient (Wildman–Crippen LogP) is 3.61. The van der Waals surface area contributed by atoms with E-state index in [1.54, 1.807) is 28.4 Å². The first-order valence-corrected chi connectivity index (χ1v) is 9.94. The van der Waals surface area contributed by atoms with Gasteiger partial charge in [-0.2, -0.15) is 0 Å². The van der Waals surface area contributed by atoms with Crippen LogP contribution >= 0.6 is 0 Å². The SMILES string of the molecule is COc1ccccc1C(c1ccc(OC)c(OC)c1OC)N1CCC(C(=O)O)CC1. The van der Waals surface area contributed by atoms with E-state index in [-0.39, 0.29) is 12.0 Å². The number of ether oxygens (including phenoxy) is 4. The zero-order chi connectivity index (χ0) is 21.7. The zero-order valence-corrected chi connectivity index (χ0v) is 17.9. The van der Waals surface area contributed by atoms with Gasteiger partial charge in [-0.25, -0.2) is 0 Å². The van der Waals surface area contributed by atoms with Crippen LogP contribution in [0.5, 0.6) is 23.0 Å². The van der Waals surface area contributed by atoms with Crippen LogP contribution in [0.25, 0.3) is 0 Å². The van der Waals surface area contributed by atoms with E-state index in [9.17, 15) is 9.90 Å². The molecule has 1 aliphatic heterocycles. The monoisotopic (exact) mass is 415 g/mol. The van der Waals surface area contributed by atoms with E-state index in [0.29, 0.717) is 43.2 Å². The van der Waals surface area contributed by atoms with Crippen LogP contribution in [-0.4, -0.2) is 57.5 Å². The molecule has 1 fully saturated rings. The van der Waals surface area contributed by atoms with Gasteiger partial charge in [0.25, 0.3) is 0 Å². The molecule has 0 bridgehead atoms. The van der Waals surface area contributed by atoms with E-state index in [2.05, 4.69) is 4.90 Å². The van der Waals surface area contributed by atoms with Gasteiger partial charge in [0.15, 0.2) is 11.5 Å². The molecule has 2 aromatic rings. The van der Waals surface area contributed by atoms with E-state index in [4.69, 9.17) is 18.9 Å². The van der Waals surface area contributed by atoms with Gasteiger partial charge in [0.05, 0.1) is 40.4 Å². The lowest BCUT2D eigenvalue weighted by Gasteiger charge is -2.38. The highest BCUT2D eigenvalue weighted by Crippen LogP contribution is 2.47. The Kier molecular flexibility index (Phi) is 7.05. The van der Waals surface area contributed by atoms with E-state index < -0.39 is 5.97 Å². The summed E-state index contributed by atoms with van der Waals surface area (Å²) in [4.78, 5) is 13.7. The number of hydrogen-bond acceptors (Lipinski definition) is 6. The Morgan fingerprint density at radius 3 is 2.07 bits per heavy atom. The molecule has 0 aromatic heterocycles. The second-order valence-corrected chi connectivity index (χ2v) is 7.22. The van der Waals surface area contributed by atoms with Crippen molar-refractivity contribution in [1.82, 2.24) is 4.90 Å². The Bertz CT molecular complexity index is 876. The van der Waals surface area contributed by atoms with Crippen molar-refractivity contribution in [3.8, 4) is 23.0 Å². The van der Waals surface area contributed by atoms with Gasteiger partial charge in [-0.1, -0.05) is 18.2 Å². The Hall–Kier alpha value is -2.93. The molecule has 0 radical (unpaired) electrons. The third-order valence-electron chi connectivity index (χ3n) is 5.71. The lowest BCUT2D eigenvalue weighted by atomic mass is 9.90. The molecule has 1 atom stereocenters. The van der Waals surface area contributed by atoms with Crippen molar-refractivity contribution in [2.45, 2.75) is 18.9 Å². The van der Waals surface area contributed by atoms with Gasteiger partial charge in [0.2, 0.25) is 5.75 Å². The largest absolute Gasteiger partial charge is 0.496 e. The Morgan fingerprint density at radius 2 is 1.50 bits per heavy atom. The molecule has 0 amide bonds. The number of hydrogen-bond donors (Lipinski definition) is 1. The van der Waals surface area contributed by atoms with Crippen LogP contribution < -0.4 is 18.9 Å². The fourth-order valence-corrected chi connectivity index (χ4v) is 4.20. The topological polar surface area (TPSA) is 77.5 Å². The van der Waals surface area contributed by atoms with E-state index in [0.717, 1.165) is 16.9 Å². The molecule has 2 aromatic carbocycles. The average molecular weight is 415 g/mol. The number of aliphatic carboxylic acids is 1. The van der Waals surface area contributed by atoms with Crippen LogP contribution in [0, 0.1) is 5.92 Å². The van der Waals surface area contributed by atoms with Crippen LogP contribution in [0.3, 0.4) is 0 Å². The summed E-state index contributed by atoms with van der Waals surface area (Å²) in [5.74, 6) is 1.42. The number of methoxy groups -OCH3 is 4. The zero-order valence-electron chi connectivity index (χ0n) is 17.9. The van der Waals surface area contributed by atoms with Gasteiger partial charge in [0, 0.05) is 11.1 Å². The van der Waals surface area contributed by atoms with Crippen LogP contribution in [0.2, 0.25) is 0 Å². The van der Waals surface area contributed by atoms with Crippen molar-refractivity contribution in [2.75, 3.05) is 41.5 Å². The fraction of sp³-hybridized carbons (Fsp3) is 0.435. The smallest absolute Gasteiger partial charge is 0.306 e. The number of piperidine rings is 1. The Labute approximate surface area is 177 Å². The maximum Gasteiger partial charge on any atom is 0.306 e. The number of carbonyl (C=O) groups is 1. The van der Waals surface area contributed by atoms with Crippen molar-refractivity contribution < 1.29 is 28.8 Å². The highest BCUT2D eigenvalue weighted by atomic mass is 16.5. The highest BCUT2D eigenvalue weighted by molar-refractivity contribution is 5.70. The molecule has 3 rings (SSSR count). The molecule has 1 unspecified atom stereocenters. The lowest BCUT2D eigenvalue weighted by Crippen LogP contribution is -2.39. The average Bonchev–Trinajstić information content (AvgIpc) is 2.79. The Balaban J connectivity index is 2.12. The van der Waals surface area contributed by atoms with Gasteiger partial charge in [-0.3, -0.25) is 9.69 Å². The summed E-state index contributed by atoms with van der Waals surface area (Å²) in [6, 6.07) is 11.5. The Morgan fingerprint density at radius 1 is 0.867 bits per heavy atom. The molecule has 0 spiro atoms. The van der Waals surface area contributed by atoms with E-state index >= 15 is 0 Å². The number of carboxylic acids is 1. The fourth-order valence-electron chi connectivity index (χ4n) is 4.20. The molecule has 7 nitrogen and oxygen atoms in total. The number of nitrogens with zero attached hydrogens (tertiary/aromatic N) is 1. The molecule has 30 heavy (non-hydrogen) atoms. The van der Waals surface area contributed by atoms with Crippen LogP contribution in [0.15, 0.2) is 36.4 Å². The minimum absolute atomic E-state index is 0.189. The van der Waals surface area contributed by atoms with Gasteiger partial charge in [-0.15, -0.1) is 0 Å². The first-order chi connectivity index (χ1) is 14.5. The predicted molar refractivity (Wildman–Crippen MR) is 113 cm³/mol. The molecule has 7 heteroatoms. The molecule has 162 valence electrons. The number of carboxylic acid groups (broad SMARTS) is 1. The molecule has 1 aliphatic rings. The van der Waals surface area contributed by atoms with Crippen LogP contribution in [0.4, 0.5) is 0 Å². The van der Waals surface area contributed by atoms with Crippen LogP contribution in [0.1, 0.15) is 30.0 Å². The summed E-state index contributed by atoms with van der Waals surface area (Å²) in [5, 5.41) is 9.40. The highest BCUT2D eigenvalue weighted by Gasteiger charge is 2.34. The quantitative estimate of drug-likeness (QED) is 0.706. The minimum Gasteiger partial charge on any atom is -0.496 e. The number of benzene rings is 2. The van der Waals surface area contributed by atoms with Crippen molar-refractivity contribution in [3.63, 3.8) is 0 Å². The van der Waals surface area contributed by atoms with Crippen molar-refractivity contribution >= 4 is 5.97 Å². The van der Waals surface area contributed by atoms with Crippen molar-refractivity contribution in [2.24, 2.45) is 5.92 Å². The molecule has 1 heterocycles. The molecule has 0 aliphatic carbocycles. The number of para-hydroxylation sites is 1. The second kappa shape index (κ2) is 9.71. The molecular formula is C23H29NO6. The lowest BCUT2D eigenvalue weighted by molar-refractivity contribution is -0.143. The maximum atomic E-state index is 11.4. The van der Waals surface area contributed by atoms with Crippen molar-refractivity contribution in [3.05, 3.63) is 47.5 Å². The van der Waals surface area contributed by atoms with Gasteiger partial charge >= 0.3 is 5.97 Å². The summed E-state index contributed by atoms with van der Waals surface area (Å²) < 4.78 is 22.5. The number of likely N-dealkylation sites (tertiary alicyclic amines) is 1. The first-order valence-electron chi connectivity index (χ1n) is 9.94. The normalized spacial score (nSPS) is 16.0. The summed E-state index contributed by atoms with van der Waals surface area (Å²) in [6.07, 6.45) is 1.19. The summed E-state index contributed by atoms with van der Waals surface area (Å²) >= 11 is 0. The molecule has 1 saturated heterocycles. The second-order valence-electron chi connectivity index (χ2n) is 7.22. The molecule has 1 N–H and O–H groups in total. The third-order valence-corrected chi connectivity index (χ3v) is 5.71. The third kappa shape index (κ3) is 4.16. The van der Waals surface area contributed by atoms with Gasteiger partial charge in [0.1, 0.15) is 5.75 Å². The minimum atomic E-state index is -0.729. The van der Waals surface area contributed by atoms with Gasteiger partial charge in [-0.05, 0) is 44.1 Å². The first kappa shape index (κ1) is 21.8. The van der Waals surface area contributed by atoms with E-state index in [1.165, 1.54) is 0 Å². The summed E-state index contributed by atoms with van der Waals surface area (Å²) in [5.41, 5.74) is 1.90. The summed E-state index contributed by atoms with van der Waals surface area (Å²) in [6.45, 7) is 1.30. The molecular weight excluding hydrogens is 386 g/mol. The van der Waals surface area contributed by atoms with Gasteiger partial charge < -0.3 is 24.1 Å². The van der Waals surface area contributed by atoms with Crippen LogP contribution in [-0.2, 0) is 4.79 Å². The number of rotatable bonds is 8. The summed E-state index contributed by atoms with van der Waals surface area (Å²) in [7, 11) is 6.43. The molecule has 0 saturated carbocycles. The van der Waals surface area contributed by atoms with Crippen molar-refractivity contribution in [1.29, 1.82) is 0 Å².